The van der Waals surface area contributed by atoms with Gasteiger partial charge in [-0.1, -0.05) is 23.5 Å². The zero-order valence-electron chi connectivity index (χ0n) is 10.8. The zero-order valence-corrected chi connectivity index (χ0v) is 12.4. The molecule has 1 aromatic carbocycles. The summed E-state index contributed by atoms with van der Waals surface area (Å²) >= 11 is 2.73. The number of benzene rings is 1. The second-order valence-corrected chi connectivity index (χ2v) is 5.75. The fourth-order valence-electron chi connectivity index (χ4n) is 1.83. The fourth-order valence-corrected chi connectivity index (χ4v) is 3.03. The van der Waals surface area contributed by atoms with Gasteiger partial charge in [-0.05, 0) is 36.4 Å². The van der Waals surface area contributed by atoms with Crippen molar-refractivity contribution in [1.29, 1.82) is 0 Å². The van der Waals surface area contributed by atoms with E-state index in [0.717, 1.165) is 33.6 Å². The summed E-state index contributed by atoms with van der Waals surface area (Å²) in [4.78, 5) is 12.8. The Labute approximate surface area is 123 Å². The normalized spacial score (nSPS) is 10.6. The van der Waals surface area contributed by atoms with Crippen LogP contribution in [0.2, 0.25) is 0 Å². The Balaban J connectivity index is 2.27. The number of thiazole rings is 1. The molecule has 0 saturated heterocycles. The quantitative estimate of drug-likeness (QED) is 0.760. The van der Waals surface area contributed by atoms with Gasteiger partial charge in [-0.15, -0.1) is 11.8 Å². The summed E-state index contributed by atoms with van der Waals surface area (Å²) in [6.07, 6.45) is 1.27. The van der Waals surface area contributed by atoms with Crippen LogP contribution in [0.25, 0.3) is 11.3 Å². The molecule has 0 spiro atoms. The summed E-state index contributed by atoms with van der Waals surface area (Å²) in [5, 5.41) is 1.77. The predicted octanol–water partition coefficient (Wildman–Crippen LogP) is 4.47. The van der Waals surface area contributed by atoms with E-state index in [-0.39, 0.29) is 17.8 Å². The Bertz CT molecular complexity index is 655. The lowest BCUT2D eigenvalue weighted by molar-refractivity contribution is 0.416. The molecule has 0 fully saturated rings. The van der Waals surface area contributed by atoms with Gasteiger partial charge in [0.1, 0.15) is 0 Å². The molecule has 0 unspecified atom stereocenters. The van der Waals surface area contributed by atoms with Crippen LogP contribution < -0.4 is 4.87 Å². The third-order valence-electron chi connectivity index (χ3n) is 2.82. The van der Waals surface area contributed by atoms with Crippen LogP contribution in [0.5, 0.6) is 0 Å². The van der Waals surface area contributed by atoms with E-state index in [9.17, 15) is 13.6 Å². The van der Waals surface area contributed by atoms with Crippen molar-refractivity contribution in [3.63, 3.8) is 0 Å². The first-order chi connectivity index (χ1) is 9.61. The van der Waals surface area contributed by atoms with Crippen molar-refractivity contribution in [3.05, 3.63) is 51.5 Å². The molecule has 0 N–H and O–H groups in total. The first-order valence-corrected chi connectivity index (χ1v) is 8.06. The maximum Gasteiger partial charge on any atom is 0.307 e. The van der Waals surface area contributed by atoms with Crippen molar-refractivity contribution in [3.8, 4) is 11.3 Å². The van der Waals surface area contributed by atoms with E-state index in [2.05, 4.69) is 0 Å². The predicted molar refractivity (Wildman–Crippen MR) is 80.7 cm³/mol. The molecule has 2 aromatic rings. The van der Waals surface area contributed by atoms with Crippen LogP contribution in [0.4, 0.5) is 8.78 Å². The Kier molecular flexibility index (Phi) is 5.14. The Morgan fingerprint density at radius 2 is 2.05 bits per heavy atom. The van der Waals surface area contributed by atoms with Gasteiger partial charge in [-0.2, -0.15) is 8.78 Å². The average molecular weight is 313 g/mol. The molecule has 20 heavy (non-hydrogen) atoms. The first kappa shape index (κ1) is 15.0. The molecule has 0 aliphatic carbocycles. The largest absolute Gasteiger partial charge is 0.307 e. The van der Waals surface area contributed by atoms with Crippen LogP contribution in [0.3, 0.4) is 0 Å². The number of halogens is 2. The van der Waals surface area contributed by atoms with Gasteiger partial charge in [0.25, 0.3) is 6.08 Å². The molecule has 0 amide bonds. The number of hydrogen-bond donors (Lipinski definition) is 0. The van der Waals surface area contributed by atoms with Crippen LogP contribution >= 0.6 is 23.1 Å². The number of hydrogen-bond acceptors (Lipinski definition) is 3. The van der Waals surface area contributed by atoms with Crippen molar-refractivity contribution < 1.29 is 8.78 Å². The van der Waals surface area contributed by atoms with Crippen molar-refractivity contribution in [2.75, 3.05) is 6.26 Å². The third-order valence-corrected chi connectivity index (χ3v) is 4.33. The second-order valence-electron chi connectivity index (χ2n) is 4.05. The molecule has 0 radical (unpaired) electrons. The number of aromatic nitrogens is 1. The minimum Gasteiger partial charge on any atom is -0.298 e. The highest BCUT2D eigenvalue weighted by Crippen LogP contribution is 2.23. The second kappa shape index (κ2) is 6.85. The SMILES string of the molecule is CSc1ccc(-c2csc(=O)n2CCC=C(F)F)cc1. The topological polar surface area (TPSA) is 22.0 Å². The Morgan fingerprint density at radius 3 is 2.65 bits per heavy atom. The number of allylic oxidation sites excluding steroid dienone is 1. The molecule has 1 heterocycles. The summed E-state index contributed by atoms with van der Waals surface area (Å²) in [5.41, 5.74) is 1.70. The summed E-state index contributed by atoms with van der Waals surface area (Å²) in [6, 6.07) is 7.84. The Morgan fingerprint density at radius 1 is 1.35 bits per heavy atom. The minimum absolute atomic E-state index is 0.124. The third kappa shape index (κ3) is 3.58. The van der Waals surface area contributed by atoms with E-state index in [4.69, 9.17) is 0 Å². The molecule has 0 aliphatic heterocycles. The first-order valence-electron chi connectivity index (χ1n) is 5.95. The van der Waals surface area contributed by atoms with Crippen molar-refractivity contribution >= 4 is 23.1 Å². The van der Waals surface area contributed by atoms with E-state index >= 15 is 0 Å². The molecule has 106 valence electrons. The fraction of sp³-hybridized carbons (Fsp3) is 0.214. The molecule has 0 aliphatic rings. The van der Waals surface area contributed by atoms with Crippen molar-refractivity contribution in [1.82, 2.24) is 4.57 Å². The maximum absolute atomic E-state index is 12.0. The molecular formula is C14H13F2NOS2. The smallest absolute Gasteiger partial charge is 0.298 e. The lowest BCUT2D eigenvalue weighted by Crippen LogP contribution is -2.13. The van der Waals surface area contributed by atoms with Gasteiger partial charge >= 0.3 is 4.87 Å². The highest BCUT2D eigenvalue weighted by atomic mass is 32.2. The van der Waals surface area contributed by atoms with Crippen LogP contribution in [0, 0.1) is 0 Å². The number of nitrogens with zero attached hydrogens (tertiary/aromatic N) is 1. The van der Waals surface area contributed by atoms with E-state index in [1.54, 1.807) is 17.1 Å². The standard InChI is InChI=1S/C14H13F2NOS2/c1-19-11-6-4-10(5-7-11)12-9-20-14(18)17(12)8-2-3-13(15)16/h3-7,9H,2,8H2,1H3. The lowest BCUT2D eigenvalue weighted by atomic mass is 10.2. The monoisotopic (exact) mass is 313 g/mol. The molecule has 2 rings (SSSR count). The van der Waals surface area contributed by atoms with Gasteiger partial charge < -0.3 is 0 Å². The summed E-state index contributed by atoms with van der Waals surface area (Å²) in [5.74, 6) is 0. The highest BCUT2D eigenvalue weighted by Gasteiger charge is 2.08. The zero-order chi connectivity index (χ0) is 14.5. The molecular weight excluding hydrogens is 300 g/mol. The summed E-state index contributed by atoms with van der Waals surface area (Å²) in [6.45, 7) is 0.263. The van der Waals surface area contributed by atoms with E-state index < -0.39 is 6.08 Å². The van der Waals surface area contributed by atoms with E-state index in [1.807, 2.05) is 30.5 Å². The van der Waals surface area contributed by atoms with Gasteiger partial charge in [-0.3, -0.25) is 9.36 Å². The van der Waals surface area contributed by atoms with Gasteiger partial charge in [0, 0.05) is 16.8 Å². The molecule has 6 heteroatoms. The lowest BCUT2D eigenvalue weighted by Gasteiger charge is -2.07. The molecule has 2 nitrogen and oxygen atoms in total. The summed E-state index contributed by atoms with van der Waals surface area (Å²) in [7, 11) is 0. The van der Waals surface area contributed by atoms with Crippen LogP contribution in [-0.4, -0.2) is 10.8 Å². The van der Waals surface area contributed by atoms with E-state index in [0.29, 0.717) is 0 Å². The Hall–Kier alpha value is -1.40. The average Bonchev–Trinajstić information content (AvgIpc) is 2.80. The minimum atomic E-state index is -1.71. The molecule has 0 bridgehead atoms. The van der Waals surface area contributed by atoms with Crippen molar-refractivity contribution in [2.24, 2.45) is 0 Å². The van der Waals surface area contributed by atoms with Crippen molar-refractivity contribution in [2.45, 2.75) is 17.9 Å². The molecule has 0 saturated carbocycles. The molecule has 0 atom stereocenters. The van der Waals surface area contributed by atoms with Gasteiger partial charge in [-0.25, -0.2) is 0 Å². The van der Waals surface area contributed by atoms with Crippen LogP contribution in [0.15, 0.2) is 51.5 Å². The van der Waals surface area contributed by atoms with E-state index in [1.165, 1.54) is 4.57 Å². The maximum atomic E-state index is 12.0. The number of thioether (sulfide) groups is 1. The molecule has 1 aromatic heterocycles. The number of rotatable bonds is 5. The van der Waals surface area contributed by atoms with Gasteiger partial charge in [0.15, 0.2) is 0 Å². The summed E-state index contributed by atoms with van der Waals surface area (Å²) < 4.78 is 25.6. The van der Waals surface area contributed by atoms with Crippen LogP contribution in [0.1, 0.15) is 6.42 Å². The van der Waals surface area contributed by atoms with Gasteiger partial charge in [0.05, 0.1) is 5.69 Å². The highest BCUT2D eigenvalue weighted by molar-refractivity contribution is 7.98. The van der Waals surface area contributed by atoms with Gasteiger partial charge in [0.2, 0.25) is 0 Å². The van der Waals surface area contributed by atoms with Crippen LogP contribution in [-0.2, 0) is 6.54 Å².